The molecule has 1 aromatic carbocycles. The monoisotopic (exact) mass is 229 g/mol. The van der Waals surface area contributed by atoms with Crippen LogP contribution in [-0.4, -0.2) is 20.1 Å². The van der Waals surface area contributed by atoms with Crippen molar-refractivity contribution < 1.29 is 14.4 Å². The molecule has 0 unspecified atom stereocenters. The number of hydrogen-bond donors (Lipinski definition) is 1. The highest BCUT2D eigenvalue weighted by Gasteiger charge is 2.08. The Bertz CT molecular complexity index is 355. The van der Waals surface area contributed by atoms with Crippen LogP contribution >= 0.6 is 11.6 Å². The minimum atomic E-state index is -0.252. The van der Waals surface area contributed by atoms with E-state index in [1.165, 1.54) is 7.11 Å². The van der Waals surface area contributed by atoms with E-state index in [4.69, 9.17) is 16.3 Å². The fourth-order valence-corrected chi connectivity index (χ4v) is 1.40. The van der Waals surface area contributed by atoms with E-state index in [9.17, 15) is 4.79 Å². The zero-order valence-corrected chi connectivity index (χ0v) is 9.30. The van der Waals surface area contributed by atoms with E-state index in [1.807, 2.05) is 0 Å². The number of methoxy groups -OCH3 is 1. The van der Waals surface area contributed by atoms with Crippen LogP contribution < -0.4 is 10.2 Å². The molecule has 0 aromatic heterocycles. The second-order valence-electron chi connectivity index (χ2n) is 2.86. The van der Waals surface area contributed by atoms with Gasteiger partial charge in [-0.25, -0.2) is 5.48 Å². The lowest BCUT2D eigenvalue weighted by Gasteiger charge is -2.08. The van der Waals surface area contributed by atoms with Gasteiger partial charge in [0.15, 0.2) is 0 Å². The van der Waals surface area contributed by atoms with Crippen molar-refractivity contribution in [3.63, 3.8) is 0 Å². The van der Waals surface area contributed by atoms with Crippen molar-refractivity contribution in [2.75, 3.05) is 14.2 Å². The van der Waals surface area contributed by atoms with Gasteiger partial charge in [0.1, 0.15) is 5.75 Å². The van der Waals surface area contributed by atoms with Crippen LogP contribution in [0, 0.1) is 0 Å². The summed E-state index contributed by atoms with van der Waals surface area (Å²) in [5.41, 5.74) is 2.95. The van der Waals surface area contributed by atoms with E-state index in [0.717, 1.165) is 5.56 Å². The molecule has 0 saturated carbocycles. The predicted octanol–water partition coefficient (Wildman–Crippen LogP) is 1.57. The highest BCUT2D eigenvalue weighted by atomic mass is 35.5. The lowest BCUT2D eigenvalue weighted by Crippen LogP contribution is -2.23. The van der Waals surface area contributed by atoms with Crippen LogP contribution in [0.25, 0.3) is 0 Å². The maximum absolute atomic E-state index is 11.3. The first-order valence-corrected chi connectivity index (χ1v) is 4.69. The average molecular weight is 230 g/mol. The quantitative estimate of drug-likeness (QED) is 0.798. The molecule has 0 aliphatic heterocycles. The minimum absolute atomic E-state index is 0.164. The lowest BCUT2D eigenvalue weighted by molar-refractivity contribution is -0.130. The predicted molar refractivity (Wildman–Crippen MR) is 56.9 cm³/mol. The summed E-state index contributed by atoms with van der Waals surface area (Å²) in [6.45, 7) is 0. The van der Waals surface area contributed by atoms with Crippen molar-refractivity contribution in [1.82, 2.24) is 5.48 Å². The molecule has 82 valence electrons. The number of carbonyl (C=O) groups excluding carboxylic acids is 1. The Morgan fingerprint density at radius 2 is 2.20 bits per heavy atom. The lowest BCUT2D eigenvalue weighted by atomic mass is 10.1. The van der Waals surface area contributed by atoms with Crippen LogP contribution in [0.2, 0.25) is 5.02 Å². The van der Waals surface area contributed by atoms with Gasteiger partial charge in [0.25, 0.3) is 0 Å². The number of benzene rings is 1. The van der Waals surface area contributed by atoms with Gasteiger partial charge in [0, 0.05) is 10.6 Å². The molecule has 5 heteroatoms. The average Bonchev–Trinajstić information content (AvgIpc) is 2.18. The van der Waals surface area contributed by atoms with Crippen LogP contribution in [0.5, 0.6) is 5.75 Å². The largest absolute Gasteiger partial charge is 0.496 e. The van der Waals surface area contributed by atoms with E-state index < -0.39 is 0 Å². The van der Waals surface area contributed by atoms with Gasteiger partial charge >= 0.3 is 0 Å². The van der Waals surface area contributed by atoms with Gasteiger partial charge in [-0.3, -0.25) is 9.63 Å². The van der Waals surface area contributed by atoms with Gasteiger partial charge in [-0.1, -0.05) is 11.6 Å². The molecule has 0 saturated heterocycles. The molecule has 4 nitrogen and oxygen atoms in total. The van der Waals surface area contributed by atoms with E-state index in [1.54, 1.807) is 25.3 Å². The van der Waals surface area contributed by atoms with Crippen molar-refractivity contribution in [2.24, 2.45) is 0 Å². The molecular formula is C10H12ClNO3. The highest BCUT2D eigenvalue weighted by Crippen LogP contribution is 2.22. The summed E-state index contributed by atoms with van der Waals surface area (Å²) < 4.78 is 5.10. The molecule has 15 heavy (non-hydrogen) atoms. The van der Waals surface area contributed by atoms with Crippen LogP contribution in [0.4, 0.5) is 0 Å². The van der Waals surface area contributed by atoms with Crippen molar-refractivity contribution in [2.45, 2.75) is 6.42 Å². The Morgan fingerprint density at radius 3 is 2.80 bits per heavy atom. The molecular weight excluding hydrogens is 218 g/mol. The molecule has 1 rings (SSSR count). The van der Waals surface area contributed by atoms with Crippen molar-refractivity contribution in [3.05, 3.63) is 28.8 Å². The summed E-state index contributed by atoms with van der Waals surface area (Å²) in [5, 5.41) is 0.566. The standard InChI is InChI=1S/C10H12ClNO3/c1-14-9-4-3-8(11)5-7(9)6-10(13)12-15-2/h3-5H,6H2,1-2H3,(H,12,13). The summed E-state index contributed by atoms with van der Waals surface area (Å²) in [7, 11) is 2.92. The highest BCUT2D eigenvalue weighted by molar-refractivity contribution is 6.30. The van der Waals surface area contributed by atoms with Crippen LogP contribution in [0.1, 0.15) is 5.56 Å². The molecule has 0 bridgehead atoms. The molecule has 0 atom stereocenters. The molecule has 0 aliphatic rings. The Kier molecular flexibility index (Phi) is 4.39. The molecule has 1 aromatic rings. The number of rotatable bonds is 4. The molecule has 0 aliphatic carbocycles. The number of carbonyl (C=O) groups is 1. The number of hydroxylamine groups is 1. The molecule has 0 radical (unpaired) electrons. The number of ether oxygens (including phenoxy) is 1. The smallest absolute Gasteiger partial charge is 0.248 e. The van der Waals surface area contributed by atoms with Crippen LogP contribution in [0.3, 0.4) is 0 Å². The van der Waals surface area contributed by atoms with Gasteiger partial charge in [-0.2, -0.15) is 0 Å². The topological polar surface area (TPSA) is 47.6 Å². The molecule has 1 amide bonds. The van der Waals surface area contributed by atoms with E-state index in [2.05, 4.69) is 10.3 Å². The summed E-state index contributed by atoms with van der Waals surface area (Å²) >= 11 is 5.82. The number of amides is 1. The van der Waals surface area contributed by atoms with Gasteiger partial charge in [0.2, 0.25) is 5.91 Å². The van der Waals surface area contributed by atoms with E-state index in [-0.39, 0.29) is 12.3 Å². The van der Waals surface area contributed by atoms with Crippen molar-refractivity contribution in [1.29, 1.82) is 0 Å². The summed E-state index contributed by atoms with van der Waals surface area (Å²) in [6.07, 6.45) is 0.164. The Hall–Kier alpha value is -1.26. The summed E-state index contributed by atoms with van der Waals surface area (Å²) in [6, 6.07) is 5.12. The fraction of sp³-hybridized carbons (Fsp3) is 0.300. The Morgan fingerprint density at radius 1 is 1.47 bits per heavy atom. The van der Waals surface area contributed by atoms with Crippen molar-refractivity contribution in [3.8, 4) is 5.75 Å². The third kappa shape index (κ3) is 3.42. The minimum Gasteiger partial charge on any atom is -0.496 e. The van der Waals surface area contributed by atoms with Gasteiger partial charge in [-0.05, 0) is 18.2 Å². The van der Waals surface area contributed by atoms with Crippen molar-refractivity contribution >= 4 is 17.5 Å². The number of halogens is 1. The number of hydrogen-bond acceptors (Lipinski definition) is 3. The molecule has 0 heterocycles. The first-order valence-electron chi connectivity index (χ1n) is 4.31. The molecule has 0 spiro atoms. The maximum atomic E-state index is 11.3. The van der Waals surface area contributed by atoms with E-state index >= 15 is 0 Å². The Balaban J connectivity index is 2.82. The molecule has 1 N–H and O–H groups in total. The van der Waals surface area contributed by atoms with Gasteiger partial charge in [0.05, 0.1) is 20.6 Å². The Labute approximate surface area is 93.1 Å². The third-order valence-corrected chi connectivity index (χ3v) is 2.04. The molecule has 0 fully saturated rings. The first kappa shape index (κ1) is 11.8. The second kappa shape index (κ2) is 5.58. The fourth-order valence-electron chi connectivity index (χ4n) is 1.21. The van der Waals surface area contributed by atoms with Crippen LogP contribution in [0.15, 0.2) is 18.2 Å². The second-order valence-corrected chi connectivity index (χ2v) is 3.30. The summed E-state index contributed by atoms with van der Waals surface area (Å²) in [5.74, 6) is 0.378. The van der Waals surface area contributed by atoms with Gasteiger partial charge in [-0.15, -0.1) is 0 Å². The third-order valence-electron chi connectivity index (χ3n) is 1.81. The van der Waals surface area contributed by atoms with E-state index in [0.29, 0.717) is 10.8 Å². The normalized spacial score (nSPS) is 9.80. The zero-order chi connectivity index (χ0) is 11.3. The van der Waals surface area contributed by atoms with Gasteiger partial charge < -0.3 is 4.74 Å². The summed E-state index contributed by atoms with van der Waals surface area (Å²) in [4.78, 5) is 15.8. The zero-order valence-electron chi connectivity index (χ0n) is 8.54. The maximum Gasteiger partial charge on any atom is 0.248 e. The SMILES string of the molecule is CONC(=O)Cc1cc(Cl)ccc1OC. The van der Waals surface area contributed by atoms with Crippen LogP contribution in [-0.2, 0) is 16.1 Å². The first-order chi connectivity index (χ1) is 7.17. The number of nitrogens with one attached hydrogen (secondary N) is 1.